The van der Waals surface area contributed by atoms with Crippen molar-refractivity contribution in [2.45, 2.75) is 26.4 Å². The molecule has 0 aliphatic carbocycles. The van der Waals surface area contributed by atoms with Crippen LogP contribution in [0.1, 0.15) is 31.0 Å². The maximum Gasteiger partial charge on any atom is 0.317 e. The van der Waals surface area contributed by atoms with E-state index >= 15 is 0 Å². The van der Waals surface area contributed by atoms with E-state index in [1.165, 1.54) is 18.1 Å². The first-order valence-corrected chi connectivity index (χ1v) is 8.79. The number of carbonyl (C=O) groups excluding carboxylic acids is 1. The summed E-state index contributed by atoms with van der Waals surface area (Å²) in [6.07, 6.45) is 0. The molecule has 0 aromatic heterocycles. The van der Waals surface area contributed by atoms with E-state index in [1.807, 2.05) is 38.1 Å². The highest BCUT2D eigenvalue weighted by molar-refractivity contribution is 6.30. The number of halogens is 2. The van der Waals surface area contributed by atoms with Crippen LogP contribution in [0.5, 0.6) is 5.75 Å². The second-order valence-electron chi connectivity index (χ2n) is 6.55. The van der Waals surface area contributed by atoms with Crippen LogP contribution >= 0.6 is 11.6 Å². The normalized spacial score (nSPS) is 12.0. The molecule has 4 nitrogen and oxygen atoms in total. The molecule has 0 radical (unpaired) electrons. The van der Waals surface area contributed by atoms with Crippen LogP contribution in [0.3, 0.4) is 0 Å². The van der Waals surface area contributed by atoms with E-state index in [0.29, 0.717) is 10.6 Å². The largest absolute Gasteiger partial charge is 0.494 e. The second kappa shape index (κ2) is 8.90. The Kier molecular flexibility index (Phi) is 6.86. The molecule has 0 heterocycles. The molecule has 0 bridgehead atoms. The zero-order valence-corrected chi connectivity index (χ0v) is 16.2. The van der Waals surface area contributed by atoms with E-state index in [1.54, 1.807) is 19.2 Å². The molecule has 0 spiro atoms. The van der Waals surface area contributed by atoms with Gasteiger partial charge in [-0.15, -0.1) is 0 Å². The van der Waals surface area contributed by atoms with Crippen molar-refractivity contribution in [2.75, 3.05) is 14.2 Å². The van der Waals surface area contributed by atoms with Gasteiger partial charge in [0.2, 0.25) is 0 Å². The van der Waals surface area contributed by atoms with Crippen LogP contribution in [-0.2, 0) is 6.54 Å². The summed E-state index contributed by atoms with van der Waals surface area (Å²) in [6.45, 7) is 4.37. The number of hydrogen-bond acceptors (Lipinski definition) is 2. The Labute approximate surface area is 158 Å². The fraction of sp³-hybridized carbons (Fsp3) is 0.350. The molecule has 26 heavy (non-hydrogen) atoms. The van der Waals surface area contributed by atoms with Crippen molar-refractivity contribution in [3.8, 4) is 5.75 Å². The van der Waals surface area contributed by atoms with Gasteiger partial charge in [0.25, 0.3) is 0 Å². The first-order valence-electron chi connectivity index (χ1n) is 8.41. The molecule has 0 fully saturated rings. The second-order valence-corrected chi connectivity index (χ2v) is 6.98. The molecule has 0 aliphatic rings. The van der Waals surface area contributed by atoms with Crippen LogP contribution in [0.2, 0.25) is 5.02 Å². The Hall–Kier alpha value is -2.27. The maximum absolute atomic E-state index is 13.8. The van der Waals surface area contributed by atoms with Crippen LogP contribution in [0.25, 0.3) is 0 Å². The van der Waals surface area contributed by atoms with Gasteiger partial charge < -0.3 is 15.0 Å². The van der Waals surface area contributed by atoms with Crippen LogP contribution in [-0.4, -0.2) is 25.1 Å². The van der Waals surface area contributed by atoms with Gasteiger partial charge in [-0.25, -0.2) is 9.18 Å². The van der Waals surface area contributed by atoms with Crippen molar-refractivity contribution in [1.29, 1.82) is 0 Å². The monoisotopic (exact) mass is 378 g/mol. The zero-order valence-electron chi connectivity index (χ0n) is 15.4. The molecule has 6 heteroatoms. The van der Waals surface area contributed by atoms with E-state index in [2.05, 4.69) is 5.32 Å². The van der Waals surface area contributed by atoms with E-state index < -0.39 is 5.82 Å². The molecule has 2 aromatic rings. The van der Waals surface area contributed by atoms with Gasteiger partial charge in [0.1, 0.15) is 0 Å². The van der Waals surface area contributed by atoms with Gasteiger partial charge in [0.05, 0.1) is 13.2 Å². The average molecular weight is 379 g/mol. The lowest BCUT2D eigenvalue weighted by molar-refractivity contribution is 0.198. The summed E-state index contributed by atoms with van der Waals surface area (Å²) >= 11 is 5.94. The summed E-state index contributed by atoms with van der Waals surface area (Å²) in [7, 11) is 3.09. The lowest BCUT2D eigenvalue weighted by Gasteiger charge is -2.26. The molecule has 2 amide bonds. The van der Waals surface area contributed by atoms with Crippen molar-refractivity contribution >= 4 is 17.6 Å². The number of benzene rings is 2. The van der Waals surface area contributed by atoms with Crippen LogP contribution < -0.4 is 10.1 Å². The molecule has 2 rings (SSSR count). The fourth-order valence-electron chi connectivity index (χ4n) is 2.70. The third-order valence-electron chi connectivity index (χ3n) is 4.16. The summed E-state index contributed by atoms with van der Waals surface area (Å²) in [5.74, 6) is -0.0598. The molecule has 1 N–H and O–H groups in total. The lowest BCUT2D eigenvalue weighted by atomic mass is 9.96. The Morgan fingerprint density at radius 1 is 1.23 bits per heavy atom. The topological polar surface area (TPSA) is 41.6 Å². The lowest BCUT2D eigenvalue weighted by Crippen LogP contribution is -2.40. The van der Waals surface area contributed by atoms with Gasteiger partial charge in [0.15, 0.2) is 11.6 Å². The van der Waals surface area contributed by atoms with Crippen LogP contribution in [0.4, 0.5) is 9.18 Å². The molecule has 1 atom stereocenters. The quantitative estimate of drug-likeness (QED) is 0.766. The standard InChI is InChI=1S/C20H24ClFN2O2/c1-13(2)19(15-6-8-16(21)9-7-15)23-20(25)24(3)12-14-5-10-18(26-4)17(22)11-14/h5-11,13,19H,12H2,1-4H3,(H,23,25). The van der Waals surface area contributed by atoms with Crippen molar-refractivity contribution in [1.82, 2.24) is 10.2 Å². The number of amides is 2. The third-order valence-corrected chi connectivity index (χ3v) is 4.41. The molecule has 0 saturated heterocycles. The number of ether oxygens (including phenoxy) is 1. The number of hydrogen-bond donors (Lipinski definition) is 1. The fourth-order valence-corrected chi connectivity index (χ4v) is 2.83. The van der Waals surface area contributed by atoms with Crippen molar-refractivity contribution < 1.29 is 13.9 Å². The van der Waals surface area contributed by atoms with Gasteiger partial charge in [-0.05, 0) is 41.3 Å². The van der Waals surface area contributed by atoms with Gasteiger partial charge in [-0.3, -0.25) is 0 Å². The minimum Gasteiger partial charge on any atom is -0.494 e. The van der Waals surface area contributed by atoms with Gasteiger partial charge >= 0.3 is 6.03 Å². The molecule has 2 aromatic carbocycles. The molecule has 0 saturated carbocycles. The summed E-state index contributed by atoms with van der Waals surface area (Å²) in [6, 6.07) is 11.7. The molecule has 0 aliphatic heterocycles. The maximum atomic E-state index is 13.8. The average Bonchev–Trinajstić information content (AvgIpc) is 2.60. The minimum absolute atomic E-state index is 0.144. The number of rotatable bonds is 6. The Balaban J connectivity index is 2.06. The highest BCUT2D eigenvalue weighted by Gasteiger charge is 2.20. The van der Waals surface area contributed by atoms with Crippen LogP contribution in [0, 0.1) is 11.7 Å². The van der Waals surface area contributed by atoms with Gasteiger partial charge in [-0.1, -0.05) is 43.6 Å². The van der Waals surface area contributed by atoms with E-state index in [9.17, 15) is 9.18 Å². The third kappa shape index (κ3) is 5.11. The summed E-state index contributed by atoms with van der Waals surface area (Å²) in [4.78, 5) is 14.1. The Bertz CT molecular complexity index is 750. The minimum atomic E-state index is -0.444. The van der Waals surface area contributed by atoms with E-state index in [4.69, 9.17) is 16.3 Å². The number of nitrogens with zero attached hydrogens (tertiary/aromatic N) is 1. The van der Waals surface area contributed by atoms with Crippen molar-refractivity contribution in [3.63, 3.8) is 0 Å². The first kappa shape index (κ1) is 20.0. The molecule has 1 unspecified atom stereocenters. The predicted molar refractivity (Wildman–Crippen MR) is 102 cm³/mol. The van der Waals surface area contributed by atoms with Crippen LogP contribution in [0.15, 0.2) is 42.5 Å². The first-order chi connectivity index (χ1) is 12.3. The van der Waals surface area contributed by atoms with Crippen molar-refractivity contribution in [3.05, 3.63) is 64.4 Å². The Morgan fingerprint density at radius 3 is 2.42 bits per heavy atom. The SMILES string of the molecule is COc1ccc(CN(C)C(=O)NC(c2ccc(Cl)cc2)C(C)C)cc1F. The van der Waals surface area contributed by atoms with Gasteiger partial charge in [0, 0.05) is 18.6 Å². The number of nitrogens with one attached hydrogen (secondary N) is 1. The molecular formula is C20H24ClFN2O2. The van der Waals surface area contributed by atoms with Gasteiger partial charge in [-0.2, -0.15) is 0 Å². The predicted octanol–water partition coefficient (Wildman–Crippen LogP) is 5.03. The summed E-state index contributed by atoms with van der Waals surface area (Å²) in [5.41, 5.74) is 1.68. The number of methoxy groups -OCH3 is 1. The summed E-state index contributed by atoms with van der Waals surface area (Å²) < 4.78 is 18.7. The molecular weight excluding hydrogens is 355 g/mol. The highest BCUT2D eigenvalue weighted by atomic mass is 35.5. The smallest absolute Gasteiger partial charge is 0.317 e. The van der Waals surface area contributed by atoms with E-state index in [0.717, 1.165) is 5.56 Å². The number of urea groups is 1. The highest BCUT2D eigenvalue weighted by Crippen LogP contribution is 2.24. The Morgan fingerprint density at radius 2 is 1.88 bits per heavy atom. The van der Waals surface area contributed by atoms with E-state index in [-0.39, 0.29) is 30.3 Å². The molecule has 140 valence electrons. The van der Waals surface area contributed by atoms with Crippen molar-refractivity contribution in [2.24, 2.45) is 5.92 Å². The zero-order chi connectivity index (χ0) is 19.3. The summed E-state index contributed by atoms with van der Waals surface area (Å²) in [5, 5.41) is 3.69. The number of carbonyl (C=O) groups is 1.